The smallest absolute Gasteiger partial charge is 0.264 e. The molecule has 1 heterocycles. The molecule has 1 aromatic heterocycles. The molecule has 0 aliphatic rings. The van der Waals surface area contributed by atoms with Gasteiger partial charge in [-0.25, -0.2) is 8.42 Å². The van der Waals surface area contributed by atoms with E-state index in [1.54, 1.807) is 20.0 Å². The predicted molar refractivity (Wildman–Crippen MR) is 101 cm³/mol. The minimum absolute atomic E-state index is 0.0291. The van der Waals surface area contributed by atoms with Crippen LogP contribution in [0.25, 0.3) is 11.3 Å². The molecule has 0 aliphatic carbocycles. The molecule has 8 heteroatoms. The van der Waals surface area contributed by atoms with Gasteiger partial charge in [-0.2, -0.15) is 5.10 Å². The normalized spacial score (nSPS) is 11.5. The maximum atomic E-state index is 12.7. The van der Waals surface area contributed by atoms with Crippen molar-refractivity contribution in [1.82, 2.24) is 9.78 Å². The zero-order chi connectivity index (χ0) is 18.2. The molecular weight excluding hydrogens is 381 g/mol. The molecule has 0 saturated carbocycles. The van der Waals surface area contributed by atoms with Gasteiger partial charge in [-0.05, 0) is 24.6 Å². The van der Waals surface area contributed by atoms with Crippen LogP contribution in [-0.4, -0.2) is 18.2 Å². The molecular formula is C17H15Cl2N3O2S. The average molecular weight is 396 g/mol. The SMILES string of the molecule is Cc1cc(S(=O)(=O)Nc2cc(-c3ccccc3)nn2C)c(Cl)cc1Cl. The number of rotatable bonds is 4. The van der Waals surface area contributed by atoms with E-state index in [9.17, 15) is 8.42 Å². The Morgan fingerprint density at radius 1 is 1.04 bits per heavy atom. The highest BCUT2D eigenvalue weighted by molar-refractivity contribution is 7.92. The first-order chi connectivity index (χ1) is 11.8. The van der Waals surface area contributed by atoms with Crippen molar-refractivity contribution in [3.63, 3.8) is 0 Å². The number of hydrogen-bond donors (Lipinski definition) is 1. The number of aromatic nitrogens is 2. The van der Waals surface area contributed by atoms with Crippen molar-refractivity contribution in [2.45, 2.75) is 11.8 Å². The molecule has 2 aromatic carbocycles. The summed E-state index contributed by atoms with van der Waals surface area (Å²) in [5.41, 5.74) is 2.18. The maximum absolute atomic E-state index is 12.7. The fourth-order valence-corrected chi connectivity index (χ4v) is 4.25. The Labute approximate surface area is 156 Å². The average Bonchev–Trinajstić information content (AvgIpc) is 2.92. The largest absolute Gasteiger partial charge is 0.264 e. The predicted octanol–water partition coefficient (Wildman–Crippen LogP) is 4.50. The Morgan fingerprint density at radius 2 is 1.72 bits per heavy atom. The van der Waals surface area contributed by atoms with Gasteiger partial charge in [0.05, 0.1) is 10.7 Å². The summed E-state index contributed by atoms with van der Waals surface area (Å²) in [6.07, 6.45) is 0. The number of benzene rings is 2. The zero-order valence-electron chi connectivity index (χ0n) is 13.5. The number of anilines is 1. The van der Waals surface area contributed by atoms with E-state index in [0.29, 0.717) is 22.1 Å². The minimum Gasteiger partial charge on any atom is -0.264 e. The van der Waals surface area contributed by atoms with E-state index in [4.69, 9.17) is 23.2 Å². The lowest BCUT2D eigenvalue weighted by Gasteiger charge is -2.11. The third kappa shape index (κ3) is 3.66. The Morgan fingerprint density at radius 3 is 2.40 bits per heavy atom. The molecule has 0 spiro atoms. The molecule has 0 unspecified atom stereocenters. The molecule has 0 aliphatic heterocycles. The third-order valence-corrected chi connectivity index (χ3v) is 5.92. The third-order valence-electron chi connectivity index (χ3n) is 3.69. The van der Waals surface area contributed by atoms with Crippen LogP contribution in [0.3, 0.4) is 0 Å². The lowest BCUT2D eigenvalue weighted by atomic mass is 10.2. The standard InChI is InChI=1S/C17H15Cl2N3O2S/c1-11-8-16(14(19)9-13(11)18)25(23,24)21-17-10-15(20-22(17)2)12-6-4-3-5-7-12/h3-10,21H,1-2H3. The number of nitrogens with one attached hydrogen (secondary N) is 1. The number of halogens is 2. The van der Waals surface area contributed by atoms with Gasteiger partial charge in [0.1, 0.15) is 10.7 Å². The summed E-state index contributed by atoms with van der Waals surface area (Å²) in [6.45, 7) is 1.72. The molecule has 0 atom stereocenters. The van der Waals surface area contributed by atoms with E-state index < -0.39 is 10.0 Å². The lowest BCUT2D eigenvalue weighted by Crippen LogP contribution is -2.16. The van der Waals surface area contributed by atoms with Crippen LogP contribution in [0.2, 0.25) is 10.0 Å². The van der Waals surface area contributed by atoms with E-state index in [1.807, 2.05) is 30.3 Å². The van der Waals surface area contributed by atoms with E-state index in [-0.39, 0.29) is 9.92 Å². The number of aryl methyl sites for hydroxylation is 2. The minimum atomic E-state index is -3.88. The Hall–Kier alpha value is -2.02. The Kier molecular flexibility index (Phi) is 4.77. The molecule has 5 nitrogen and oxygen atoms in total. The summed E-state index contributed by atoms with van der Waals surface area (Å²) in [6, 6.07) is 14.0. The highest BCUT2D eigenvalue weighted by Gasteiger charge is 2.21. The van der Waals surface area contributed by atoms with Crippen LogP contribution < -0.4 is 4.72 Å². The zero-order valence-corrected chi connectivity index (χ0v) is 15.8. The molecule has 3 aromatic rings. The summed E-state index contributed by atoms with van der Waals surface area (Å²) in [4.78, 5) is -0.0291. The number of hydrogen-bond acceptors (Lipinski definition) is 3. The van der Waals surface area contributed by atoms with E-state index in [0.717, 1.165) is 5.56 Å². The second-order valence-corrected chi connectivity index (χ2v) is 8.01. The second-order valence-electron chi connectivity index (χ2n) is 5.54. The second kappa shape index (κ2) is 6.71. The van der Waals surface area contributed by atoms with Crippen LogP contribution in [-0.2, 0) is 17.1 Å². The van der Waals surface area contributed by atoms with Crippen molar-refractivity contribution < 1.29 is 8.42 Å². The maximum Gasteiger partial charge on any atom is 0.264 e. The number of nitrogens with zero attached hydrogens (tertiary/aromatic N) is 2. The fraction of sp³-hybridized carbons (Fsp3) is 0.118. The lowest BCUT2D eigenvalue weighted by molar-refractivity contribution is 0.600. The Bertz CT molecular complexity index is 1030. The molecule has 0 saturated heterocycles. The monoisotopic (exact) mass is 395 g/mol. The van der Waals surface area contributed by atoms with Crippen molar-refractivity contribution in [3.8, 4) is 11.3 Å². The van der Waals surface area contributed by atoms with Gasteiger partial charge in [0.25, 0.3) is 10.0 Å². The van der Waals surface area contributed by atoms with Crippen LogP contribution in [0.1, 0.15) is 5.56 Å². The van der Waals surface area contributed by atoms with Crippen LogP contribution in [0.5, 0.6) is 0 Å². The topological polar surface area (TPSA) is 64.0 Å². The van der Waals surface area contributed by atoms with Gasteiger partial charge < -0.3 is 0 Å². The summed E-state index contributed by atoms with van der Waals surface area (Å²) < 4.78 is 29.4. The molecule has 0 amide bonds. The van der Waals surface area contributed by atoms with Gasteiger partial charge in [-0.1, -0.05) is 53.5 Å². The Balaban J connectivity index is 1.97. The van der Waals surface area contributed by atoms with Crippen molar-refractivity contribution in [2.75, 3.05) is 4.72 Å². The van der Waals surface area contributed by atoms with Crippen molar-refractivity contribution in [2.24, 2.45) is 7.05 Å². The van der Waals surface area contributed by atoms with Gasteiger partial charge >= 0.3 is 0 Å². The van der Waals surface area contributed by atoms with E-state index >= 15 is 0 Å². The van der Waals surface area contributed by atoms with Gasteiger partial charge in [0, 0.05) is 23.7 Å². The summed E-state index contributed by atoms with van der Waals surface area (Å²) >= 11 is 12.0. The molecule has 25 heavy (non-hydrogen) atoms. The highest BCUT2D eigenvalue weighted by Crippen LogP contribution is 2.30. The molecule has 0 bridgehead atoms. The molecule has 3 rings (SSSR count). The van der Waals surface area contributed by atoms with E-state index in [1.165, 1.54) is 16.8 Å². The van der Waals surface area contributed by atoms with Gasteiger partial charge in [-0.15, -0.1) is 0 Å². The van der Waals surface area contributed by atoms with E-state index in [2.05, 4.69) is 9.82 Å². The van der Waals surface area contributed by atoms with Crippen molar-refractivity contribution in [1.29, 1.82) is 0 Å². The molecule has 1 N–H and O–H groups in total. The summed E-state index contributed by atoms with van der Waals surface area (Å²) in [5, 5.41) is 4.82. The van der Waals surface area contributed by atoms with Crippen LogP contribution >= 0.6 is 23.2 Å². The molecule has 0 fully saturated rings. The first kappa shape index (κ1) is 17.8. The molecule has 0 radical (unpaired) electrons. The van der Waals surface area contributed by atoms with Crippen LogP contribution in [0.4, 0.5) is 5.82 Å². The van der Waals surface area contributed by atoms with Gasteiger partial charge in [0.2, 0.25) is 0 Å². The van der Waals surface area contributed by atoms with Gasteiger partial charge in [-0.3, -0.25) is 9.40 Å². The first-order valence-corrected chi connectivity index (χ1v) is 9.60. The fourth-order valence-electron chi connectivity index (χ4n) is 2.34. The van der Waals surface area contributed by atoms with Gasteiger partial charge in [0.15, 0.2) is 0 Å². The number of sulfonamides is 1. The summed E-state index contributed by atoms with van der Waals surface area (Å²) in [5.74, 6) is 0.336. The van der Waals surface area contributed by atoms with Crippen molar-refractivity contribution >= 4 is 39.0 Å². The first-order valence-electron chi connectivity index (χ1n) is 7.36. The van der Waals surface area contributed by atoms with Crippen LogP contribution in [0.15, 0.2) is 53.4 Å². The molecule has 130 valence electrons. The summed E-state index contributed by atoms with van der Waals surface area (Å²) in [7, 11) is -2.21. The quantitative estimate of drug-likeness (QED) is 0.706. The van der Waals surface area contributed by atoms with Crippen LogP contribution in [0, 0.1) is 6.92 Å². The van der Waals surface area contributed by atoms with Crippen molar-refractivity contribution in [3.05, 3.63) is 64.1 Å². The highest BCUT2D eigenvalue weighted by atomic mass is 35.5.